The molecule has 0 aromatic carbocycles. The summed E-state index contributed by atoms with van der Waals surface area (Å²) in [6.45, 7) is 4.19. The first-order valence-corrected chi connectivity index (χ1v) is 33.8. The second-order valence-corrected chi connectivity index (χ2v) is 23.8. The van der Waals surface area contributed by atoms with E-state index >= 15 is 0 Å². The van der Waals surface area contributed by atoms with Gasteiger partial charge in [-0.1, -0.05) is 264 Å². The summed E-state index contributed by atoms with van der Waals surface area (Å²) in [5.74, 6) is -0.813. The SMILES string of the molecule is CC/C=C\C/C=C\C/C=C\C/C=C\C/C=C\C/C=C\CCCCCCCCCCCCCCCCCCCCC(=O)OC(COC(=O)CCCCCCCC/C=C\C/C=C\C/C=C\C/C=C\CC)COP(=O)(O)OCC[N+](C)(C)C. The van der Waals surface area contributed by atoms with Crippen molar-refractivity contribution in [2.24, 2.45) is 0 Å². The molecule has 9 nitrogen and oxygen atoms in total. The summed E-state index contributed by atoms with van der Waals surface area (Å²) >= 11 is 0. The molecular weight excluding hydrogens is 1010 g/mol. The van der Waals surface area contributed by atoms with Gasteiger partial charge < -0.3 is 18.9 Å². The Balaban J connectivity index is 4.04. The minimum atomic E-state index is -4.40. The summed E-state index contributed by atoms with van der Waals surface area (Å²) in [4.78, 5) is 35.8. The minimum absolute atomic E-state index is 0.0249. The number of phosphoric acid groups is 1. The van der Waals surface area contributed by atoms with Gasteiger partial charge >= 0.3 is 19.8 Å². The zero-order valence-corrected chi connectivity index (χ0v) is 52.9. The van der Waals surface area contributed by atoms with Gasteiger partial charge in [-0.25, -0.2) is 4.57 Å². The molecule has 0 aliphatic rings. The van der Waals surface area contributed by atoms with Crippen molar-refractivity contribution >= 4 is 19.8 Å². The first-order valence-electron chi connectivity index (χ1n) is 32.3. The molecule has 0 aliphatic heterocycles. The van der Waals surface area contributed by atoms with Gasteiger partial charge in [0, 0.05) is 12.8 Å². The van der Waals surface area contributed by atoms with Crippen LogP contribution in [0.3, 0.4) is 0 Å². The Morgan fingerprint density at radius 3 is 1.00 bits per heavy atom. The number of hydrogen-bond acceptors (Lipinski definition) is 7. The van der Waals surface area contributed by atoms with Crippen molar-refractivity contribution in [2.75, 3.05) is 47.5 Å². The van der Waals surface area contributed by atoms with Crippen LogP contribution in [0.2, 0.25) is 0 Å². The van der Waals surface area contributed by atoms with E-state index in [0.29, 0.717) is 17.4 Å². The highest BCUT2D eigenvalue weighted by atomic mass is 31.2. The van der Waals surface area contributed by atoms with E-state index in [1.165, 1.54) is 103 Å². The highest BCUT2D eigenvalue weighted by molar-refractivity contribution is 7.47. The Labute approximate surface area is 492 Å². The van der Waals surface area contributed by atoms with Crippen molar-refractivity contribution in [1.29, 1.82) is 0 Å². The minimum Gasteiger partial charge on any atom is -0.462 e. The summed E-state index contributed by atoms with van der Waals surface area (Å²) in [6.07, 6.45) is 85.8. The summed E-state index contributed by atoms with van der Waals surface area (Å²) in [5, 5.41) is 0. The van der Waals surface area contributed by atoms with Crippen molar-refractivity contribution in [3.05, 3.63) is 122 Å². The molecule has 1 N–H and O–H groups in total. The first kappa shape index (κ1) is 76.4. The number of rotatable bonds is 58. The molecule has 0 spiro atoms. The number of nitrogens with zero attached hydrogens (tertiary/aromatic N) is 1. The third kappa shape index (κ3) is 63.6. The summed E-state index contributed by atoms with van der Waals surface area (Å²) in [5.41, 5.74) is 0. The van der Waals surface area contributed by atoms with Gasteiger partial charge in [-0.3, -0.25) is 18.6 Å². The molecule has 0 heterocycles. The first-order chi connectivity index (χ1) is 39.0. The molecule has 0 saturated carbocycles. The largest absolute Gasteiger partial charge is 0.472 e. The maximum atomic E-state index is 12.9. The summed E-state index contributed by atoms with van der Waals surface area (Å²) < 4.78 is 34.6. The molecule has 0 amide bonds. The Morgan fingerprint density at radius 2 is 0.675 bits per heavy atom. The molecule has 2 atom stereocenters. The molecule has 0 rings (SSSR count). The van der Waals surface area contributed by atoms with Gasteiger partial charge in [0.1, 0.15) is 19.8 Å². The molecule has 0 aromatic heterocycles. The highest BCUT2D eigenvalue weighted by Gasteiger charge is 2.27. The van der Waals surface area contributed by atoms with Crippen molar-refractivity contribution in [2.45, 2.75) is 264 Å². The third-order valence-electron chi connectivity index (χ3n) is 13.5. The fraction of sp³-hybridized carbons (Fsp3) is 0.686. The van der Waals surface area contributed by atoms with Crippen molar-refractivity contribution < 1.29 is 42.1 Å². The number of ether oxygens (including phenoxy) is 2. The lowest BCUT2D eigenvalue weighted by Crippen LogP contribution is -2.37. The predicted octanol–water partition coefficient (Wildman–Crippen LogP) is 20.7. The molecule has 0 fully saturated rings. The van der Waals surface area contributed by atoms with Gasteiger partial charge in [-0.2, -0.15) is 0 Å². The standard InChI is InChI=1S/C70H120NO8P/c1-6-8-10-12-14-16-18-20-22-24-26-27-28-29-30-31-32-33-34-35-36-37-38-39-40-41-42-43-45-47-49-51-53-55-57-59-61-63-70(73)79-68(67-78-80(74,75)77-65-64-71(3,4)5)66-76-69(72)62-60-58-56-54-52-50-48-46-44-25-23-21-19-17-15-13-11-9-7-2/h8-11,14-17,20-23,26-27,29-30,32-33,44,46,68H,6-7,12-13,18-19,24-25,28,31,34-43,45,47-67H2,1-5H3/p+1/b10-8-,11-9-,16-14-,17-15-,22-20-,23-21-,27-26-,30-29-,33-32-,46-44-. The number of likely N-dealkylation sites (N-methyl/N-ethyl adjacent to an activating group) is 1. The Kier molecular flexibility index (Phi) is 57.3. The van der Waals surface area contributed by atoms with Gasteiger partial charge in [0.25, 0.3) is 0 Å². The maximum absolute atomic E-state index is 12.9. The number of carbonyl (C=O) groups is 2. The molecule has 0 aromatic rings. The number of unbranched alkanes of at least 4 members (excludes halogenated alkanes) is 24. The fourth-order valence-corrected chi connectivity index (χ4v) is 9.34. The van der Waals surface area contributed by atoms with Crippen LogP contribution >= 0.6 is 7.82 Å². The normalized spacial score (nSPS) is 14.0. The van der Waals surface area contributed by atoms with Crippen molar-refractivity contribution in [3.8, 4) is 0 Å². The molecule has 0 radical (unpaired) electrons. The Bertz CT molecular complexity index is 1760. The van der Waals surface area contributed by atoms with E-state index in [1.54, 1.807) is 0 Å². The highest BCUT2D eigenvalue weighted by Crippen LogP contribution is 2.43. The van der Waals surface area contributed by atoms with E-state index < -0.39 is 26.5 Å². The number of esters is 2. The van der Waals surface area contributed by atoms with Gasteiger partial charge in [-0.15, -0.1) is 0 Å². The lowest BCUT2D eigenvalue weighted by atomic mass is 10.0. The second kappa shape index (κ2) is 60.0. The number of allylic oxidation sites excluding steroid dienone is 20. The predicted molar refractivity (Wildman–Crippen MR) is 344 cm³/mol. The van der Waals surface area contributed by atoms with Gasteiger partial charge in [0.2, 0.25) is 0 Å². The maximum Gasteiger partial charge on any atom is 0.472 e. The van der Waals surface area contributed by atoms with Crippen LogP contribution < -0.4 is 0 Å². The lowest BCUT2D eigenvalue weighted by Gasteiger charge is -2.24. The second-order valence-electron chi connectivity index (χ2n) is 22.4. The molecular formula is C70H121NO8P+. The number of phosphoric ester groups is 1. The molecule has 0 bridgehead atoms. The molecule has 10 heteroatoms. The van der Waals surface area contributed by atoms with Gasteiger partial charge in [-0.05, 0) is 103 Å². The van der Waals surface area contributed by atoms with Crippen molar-refractivity contribution in [1.82, 2.24) is 0 Å². The average molecular weight is 1140 g/mol. The number of quaternary nitrogens is 1. The number of hydrogen-bond donors (Lipinski definition) is 1. The zero-order chi connectivity index (χ0) is 58.4. The van der Waals surface area contributed by atoms with Crippen LogP contribution in [0.25, 0.3) is 0 Å². The third-order valence-corrected chi connectivity index (χ3v) is 14.5. The molecule has 0 aliphatic carbocycles. The topological polar surface area (TPSA) is 108 Å². The molecule has 2 unspecified atom stereocenters. The average Bonchev–Trinajstić information content (AvgIpc) is 3.42. The van der Waals surface area contributed by atoms with E-state index in [-0.39, 0.29) is 32.0 Å². The van der Waals surface area contributed by atoms with E-state index in [2.05, 4.69) is 135 Å². The van der Waals surface area contributed by atoms with Crippen LogP contribution in [0.5, 0.6) is 0 Å². The van der Waals surface area contributed by atoms with E-state index in [4.69, 9.17) is 18.5 Å². The van der Waals surface area contributed by atoms with Gasteiger partial charge in [0.15, 0.2) is 6.10 Å². The van der Waals surface area contributed by atoms with E-state index in [1.807, 2.05) is 21.1 Å². The Hall–Kier alpha value is -3.59. The quantitative estimate of drug-likeness (QED) is 0.0211. The summed E-state index contributed by atoms with van der Waals surface area (Å²) in [6, 6.07) is 0. The molecule has 458 valence electrons. The van der Waals surface area contributed by atoms with Crippen LogP contribution in [0.4, 0.5) is 0 Å². The fourth-order valence-electron chi connectivity index (χ4n) is 8.60. The van der Waals surface area contributed by atoms with Gasteiger partial charge in [0.05, 0.1) is 27.7 Å². The lowest BCUT2D eigenvalue weighted by molar-refractivity contribution is -0.870. The van der Waals surface area contributed by atoms with Crippen LogP contribution in [-0.2, 0) is 32.7 Å². The van der Waals surface area contributed by atoms with Crippen LogP contribution in [0, 0.1) is 0 Å². The molecule has 0 saturated heterocycles. The number of carbonyl (C=O) groups excluding carboxylic acids is 2. The molecule has 80 heavy (non-hydrogen) atoms. The van der Waals surface area contributed by atoms with E-state index in [9.17, 15) is 19.0 Å². The van der Waals surface area contributed by atoms with Crippen LogP contribution in [0.1, 0.15) is 258 Å². The zero-order valence-electron chi connectivity index (χ0n) is 52.0. The monoisotopic (exact) mass is 1130 g/mol. The summed E-state index contributed by atoms with van der Waals surface area (Å²) in [7, 11) is 1.46. The van der Waals surface area contributed by atoms with E-state index in [0.717, 1.165) is 122 Å². The Morgan fingerprint density at radius 1 is 0.388 bits per heavy atom. The van der Waals surface area contributed by atoms with Crippen LogP contribution in [-0.4, -0.2) is 74.9 Å². The van der Waals surface area contributed by atoms with Crippen molar-refractivity contribution in [3.63, 3.8) is 0 Å². The smallest absolute Gasteiger partial charge is 0.462 e. The van der Waals surface area contributed by atoms with Crippen LogP contribution in [0.15, 0.2) is 122 Å².